The molecule has 1 atom stereocenters. The Kier molecular flexibility index (Phi) is 4.64. The molecule has 4 nitrogen and oxygen atoms in total. The van der Waals surface area contributed by atoms with Crippen LogP contribution in [0.4, 0.5) is 8.78 Å². The van der Waals surface area contributed by atoms with Crippen molar-refractivity contribution in [2.24, 2.45) is 5.73 Å². The summed E-state index contributed by atoms with van der Waals surface area (Å²) in [4.78, 5) is 3.94. The molecule has 0 bridgehead atoms. The summed E-state index contributed by atoms with van der Waals surface area (Å²) in [5.41, 5.74) is 6.56. The van der Waals surface area contributed by atoms with Crippen molar-refractivity contribution in [3.8, 4) is 0 Å². The fraction of sp³-hybridized carbons (Fsp3) is 0.667. The minimum Gasteiger partial charge on any atom is -0.374 e. The molecule has 1 rings (SSSR count). The fourth-order valence-corrected chi connectivity index (χ4v) is 1.23. The van der Waals surface area contributed by atoms with E-state index in [1.807, 2.05) is 6.92 Å². The summed E-state index contributed by atoms with van der Waals surface area (Å²) in [6.45, 7) is 2.04. The first kappa shape index (κ1) is 12.1. The van der Waals surface area contributed by atoms with Gasteiger partial charge in [0.15, 0.2) is 0 Å². The molecule has 1 heterocycles. The van der Waals surface area contributed by atoms with Crippen molar-refractivity contribution in [3.05, 3.63) is 18.2 Å². The lowest BCUT2D eigenvalue weighted by Gasteiger charge is -2.10. The van der Waals surface area contributed by atoms with Crippen LogP contribution in [0.3, 0.4) is 0 Å². The van der Waals surface area contributed by atoms with E-state index >= 15 is 0 Å². The molecule has 0 aliphatic carbocycles. The molecule has 0 spiro atoms. The standard InChI is InChI=1S/C9H15F2N3O/c1-7(12)8-4-13-6-14(8)2-3-15-5-9(10)11/h4,6-7,9H,2-3,5,12H2,1H3/t7-/m0/s1. The maximum Gasteiger partial charge on any atom is 0.261 e. The normalized spacial score (nSPS) is 13.4. The summed E-state index contributed by atoms with van der Waals surface area (Å²) in [6, 6.07) is -0.123. The Hall–Kier alpha value is -1.01. The fourth-order valence-electron chi connectivity index (χ4n) is 1.23. The lowest BCUT2D eigenvalue weighted by molar-refractivity contribution is 0.0145. The summed E-state index contributed by atoms with van der Waals surface area (Å²) >= 11 is 0. The molecule has 0 fully saturated rings. The van der Waals surface area contributed by atoms with Crippen LogP contribution < -0.4 is 5.73 Å². The SMILES string of the molecule is C[C@H](N)c1cncn1CCOCC(F)F. The highest BCUT2D eigenvalue weighted by atomic mass is 19.3. The van der Waals surface area contributed by atoms with Crippen molar-refractivity contribution < 1.29 is 13.5 Å². The van der Waals surface area contributed by atoms with Crippen molar-refractivity contribution in [1.82, 2.24) is 9.55 Å². The minimum absolute atomic E-state index is 0.123. The molecule has 0 aliphatic heterocycles. The summed E-state index contributed by atoms with van der Waals surface area (Å²) in [5.74, 6) is 0. The summed E-state index contributed by atoms with van der Waals surface area (Å²) in [7, 11) is 0. The number of nitrogens with two attached hydrogens (primary N) is 1. The van der Waals surface area contributed by atoms with Crippen LogP contribution in [0.1, 0.15) is 18.7 Å². The Morgan fingerprint density at radius 2 is 2.33 bits per heavy atom. The van der Waals surface area contributed by atoms with Gasteiger partial charge in [-0.3, -0.25) is 0 Å². The third-order valence-corrected chi connectivity index (χ3v) is 1.93. The molecule has 86 valence electrons. The largest absolute Gasteiger partial charge is 0.374 e. The summed E-state index contributed by atoms with van der Waals surface area (Å²) in [6.07, 6.45) is 0.864. The summed E-state index contributed by atoms with van der Waals surface area (Å²) < 4.78 is 30.1. The molecular formula is C9H15F2N3O. The molecule has 1 aromatic rings. The Morgan fingerprint density at radius 3 is 2.93 bits per heavy atom. The van der Waals surface area contributed by atoms with Gasteiger partial charge in [-0.15, -0.1) is 0 Å². The smallest absolute Gasteiger partial charge is 0.261 e. The molecule has 6 heteroatoms. The number of ether oxygens (including phenoxy) is 1. The first-order valence-corrected chi connectivity index (χ1v) is 4.72. The van der Waals surface area contributed by atoms with E-state index in [1.54, 1.807) is 17.1 Å². The molecule has 15 heavy (non-hydrogen) atoms. The van der Waals surface area contributed by atoms with E-state index in [2.05, 4.69) is 4.98 Å². The second-order valence-electron chi connectivity index (χ2n) is 3.27. The third-order valence-electron chi connectivity index (χ3n) is 1.93. The second-order valence-corrected chi connectivity index (χ2v) is 3.27. The average molecular weight is 219 g/mol. The number of halogens is 2. The highest BCUT2D eigenvalue weighted by Gasteiger charge is 2.06. The molecular weight excluding hydrogens is 204 g/mol. The van der Waals surface area contributed by atoms with Crippen LogP contribution in [0.2, 0.25) is 0 Å². The Labute approximate surface area is 87.0 Å². The van der Waals surface area contributed by atoms with Crippen molar-refractivity contribution >= 4 is 0 Å². The highest BCUT2D eigenvalue weighted by molar-refractivity contribution is 5.02. The average Bonchev–Trinajstić information content (AvgIpc) is 2.60. The van der Waals surface area contributed by atoms with Crippen molar-refractivity contribution in [1.29, 1.82) is 0 Å². The van der Waals surface area contributed by atoms with Gasteiger partial charge in [0.2, 0.25) is 0 Å². The topological polar surface area (TPSA) is 53.1 Å². The molecule has 2 N–H and O–H groups in total. The first-order valence-electron chi connectivity index (χ1n) is 4.72. The maximum atomic E-state index is 11.7. The molecule has 0 amide bonds. The number of hydrogen-bond acceptors (Lipinski definition) is 3. The first-order chi connectivity index (χ1) is 7.11. The van der Waals surface area contributed by atoms with Gasteiger partial charge in [0.05, 0.1) is 18.6 Å². The van der Waals surface area contributed by atoms with Crippen LogP contribution in [-0.4, -0.2) is 29.2 Å². The van der Waals surface area contributed by atoms with Crippen LogP contribution in [0.5, 0.6) is 0 Å². The van der Waals surface area contributed by atoms with Gasteiger partial charge in [0.25, 0.3) is 6.43 Å². The lowest BCUT2D eigenvalue weighted by Crippen LogP contribution is -2.15. The lowest BCUT2D eigenvalue weighted by atomic mass is 10.3. The quantitative estimate of drug-likeness (QED) is 0.731. The molecule has 0 unspecified atom stereocenters. The van der Waals surface area contributed by atoms with Gasteiger partial charge < -0.3 is 15.0 Å². The number of imidazole rings is 1. The van der Waals surface area contributed by atoms with Gasteiger partial charge in [0, 0.05) is 18.8 Å². The van der Waals surface area contributed by atoms with Crippen LogP contribution in [0, 0.1) is 0 Å². The number of aromatic nitrogens is 2. The van der Waals surface area contributed by atoms with Crippen LogP contribution in [-0.2, 0) is 11.3 Å². The Balaban J connectivity index is 2.34. The van der Waals surface area contributed by atoms with E-state index in [9.17, 15) is 8.78 Å². The van der Waals surface area contributed by atoms with Crippen LogP contribution >= 0.6 is 0 Å². The van der Waals surface area contributed by atoms with Crippen LogP contribution in [0.25, 0.3) is 0 Å². The number of nitrogens with zero attached hydrogens (tertiary/aromatic N) is 2. The van der Waals surface area contributed by atoms with Crippen molar-refractivity contribution in [2.75, 3.05) is 13.2 Å². The molecule has 0 saturated carbocycles. The predicted octanol–water partition coefficient (Wildman–Crippen LogP) is 1.18. The number of rotatable bonds is 6. The van der Waals surface area contributed by atoms with E-state index in [-0.39, 0.29) is 12.6 Å². The van der Waals surface area contributed by atoms with E-state index in [4.69, 9.17) is 10.5 Å². The third kappa shape index (κ3) is 3.93. The van der Waals surface area contributed by atoms with E-state index < -0.39 is 13.0 Å². The van der Waals surface area contributed by atoms with Gasteiger partial charge in [0.1, 0.15) is 6.61 Å². The molecule has 0 saturated heterocycles. The van der Waals surface area contributed by atoms with E-state index in [0.29, 0.717) is 6.54 Å². The monoisotopic (exact) mass is 219 g/mol. The van der Waals surface area contributed by atoms with E-state index in [1.165, 1.54) is 0 Å². The molecule has 0 aliphatic rings. The molecule has 1 aromatic heterocycles. The van der Waals surface area contributed by atoms with Crippen molar-refractivity contribution in [2.45, 2.75) is 25.9 Å². The maximum absolute atomic E-state index is 11.7. The zero-order valence-electron chi connectivity index (χ0n) is 8.57. The Bertz CT molecular complexity index is 289. The molecule has 0 aromatic carbocycles. The van der Waals surface area contributed by atoms with Gasteiger partial charge >= 0.3 is 0 Å². The predicted molar refractivity (Wildman–Crippen MR) is 51.7 cm³/mol. The van der Waals surface area contributed by atoms with Gasteiger partial charge in [-0.2, -0.15) is 0 Å². The van der Waals surface area contributed by atoms with Gasteiger partial charge in [-0.1, -0.05) is 0 Å². The second kappa shape index (κ2) is 5.77. The zero-order valence-corrected chi connectivity index (χ0v) is 8.57. The van der Waals surface area contributed by atoms with Gasteiger partial charge in [-0.05, 0) is 6.92 Å². The van der Waals surface area contributed by atoms with Crippen molar-refractivity contribution in [3.63, 3.8) is 0 Å². The zero-order chi connectivity index (χ0) is 11.3. The number of alkyl halides is 2. The van der Waals surface area contributed by atoms with Gasteiger partial charge in [-0.25, -0.2) is 13.8 Å². The minimum atomic E-state index is -2.42. The van der Waals surface area contributed by atoms with E-state index in [0.717, 1.165) is 5.69 Å². The molecule has 0 radical (unpaired) electrons. The summed E-state index contributed by atoms with van der Waals surface area (Å²) in [5, 5.41) is 0. The van der Waals surface area contributed by atoms with Crippen LogP contribution in [0.15, 0.2) is 12.5 Å². The Morgan fingerprint density at radius 1 is 1.60 bits per heavy atom. The highest BCUT2D eigenvalue weighted by Crippen LogP contribution is 2.08. The number of hydrogen-bond donors (Lipinski definition) is 1.